The van der Waals surface area contributed by atoms with Crippen molar-refractivity contribution in [1.29, 1.82) is 0 Å². The lowest BCUT2D eigenvalue weighted by molar-refractivity contribution is -0.352. The van der Waals surface area contributed by atoms with Crippen molar-refractivity contribution in [2.24, 2.45) is 5.92 Å². The highest BCUT2D eigenvalue weighted by Crippen LogP contribution is 2.46. The van der Waals surface area contributed by atoms with E-state index >= 15 is 0 Å². The number of halogens is 5. The highest BCUT2D eigenvalue weighted by molar-refractivity contribution is 5.01. The predicted molar refractivity (Wildman–Crippen MR) is 54.3 cm³/mol. The molecular formula is C11H15F5O2. The largest absolute Gasteiger partial charge is 0.456 e. The summed E-state index contributed by atoms with van der Waals surface area (Å²) in [5.41, 5.74) is 0.766. The summed E-state index contributed by atoms with van der Waals surface area (Å²) < 4.78 is 66.7. The molecular weight excluding hydrogens is 259 g/mol. The Morgan fingerprint density at radius 1 is 1.33 bits per heavy atom. The quantitative estimate of drug-likeness (QED) is 0.631. The van der Waals surface area contributed by atoms with E-state index in [1.807, 2.05) is 0 Å². The fourth-order valence-corrected chi connectivity index (χ4v) is 1.85. The Labute approximate surface area is 101 Å². The molecule has 0 spiro atoms. The van der Waals surface area contributed by atoms with Crippen LogP contribution in [0.25, 0.3) is 0 Å². The summed E-state index contributed by atoms with van der Waals surface area (Å²) in [7, 11) is 0. The number of aliphatic hydroxyl groups excluding tert-OH is 1. The minimum Gasteiger partial charge on any atom is -0.389 e. The monoisotopic (exact) mass is 274 g/mol. The van der Waals surface area contributed by atoms with Crippen LogP contribution < -0.4 is 0 Å². The summed E-state index contributed by atoms with van der Waals surface area (Å²) in [5.74, 6) is -5.87. The number of alkyl halides is 5. The SMILES string of the molecule is CC(C)=CC(O)CC1COC1C(F)(F)C(F)(F)F. The van der Waals surface area contributed by atoms with Crippen LogP contribution in [0.4, 0.5) is 22.0 Å². The fourth-order valence-electron chi connectivity index (χ4n) is 1.85. The molecule has 0 amide bonds. The zero-order chi connectivity index (χ0) is 14.1. The summed E-state index contributed by atoms with van der Waals surface area (Å²) in [6.45, 7) is 3.20. The van der Waals surface area contributed by atoms with E-state index in [1.54, 1.807) is 13.8 Å². The normalized spacial score (nSPS) is 26.4. The van der Waals surface area contributed by atoms with Gasteiger partial charge in [-0.2, -0.15) is 22.0 Å². The smallest absolute Gasteiger partial charge is 0.389 e. The molecule has 18 heavy (non-hydrogen) atoms. The van der Waals surface area contributed by atoms with Crippen molar-refractivity contribution < 1.29 is 31.8 Å². The number of ether oxygens (including phenoxy) is 1. The molecule has 0 aliphatic carbocycles. The third-order valence-electron chi connectivity index (χ3n) is 2.72. The van der Waals surface area contributed by atoms with Gasteiger partial charge in [-0.25, -0.2) is 0 Å². The Bertz CT molecular complexity index is 320. The molecule has 1 aliphatic heterocycles. The summed E-state index contributed by atoms with van der Waals surface area (Å²) in [6.07, 6.45) is -7.60. The van der Waals surface area contributed by atoms with Crippen molar-refractivity contribution in [3.8, 4) is 0 Å². The molecule has 0 radical (unpaired) electrons. The molecule has 0 aromatic heterocycles. The first-order valence-corrected chi connectivity index (χ1v) is 5.45. The highest BCUT2D eigenvalue weighted by Gasteiger charge is 2.67. The lowest BCUT2D eigenvalue weighted by atomic mass is 9.87. The van der Waals surface area contributed by atoms with Gasteiger partial charge in [-0.15, -0.1) is 0 Å². The van der Waals surface area contributed by atoms with Crippen molar-refractivity contribution in [3.05, 3.63) is 11.6 Å². The lowest BCUT2D eigenvalue weighted by Crippen LogP contribution is -2.59. The van der Waals surface area contributed by atoms with Gasteiger partial charge in [-0.05, 0) is 20.3 Å². The molecule has 3 unspecified atom stereocenters. The summed E-state index contributed by atoms with van der Waals surface area (Å²) in [6, 6.07) is 0. The molecule has 1 saturated heterocycles. The van der Waals surface area contributed by atoms with Crippen molar-refractivity contribution in [3.63, 3.8) is 0 Å². The second kappa shape index (κ2) is 5.13. The Morgan fingerprint density at radius 2 is 1.89 bits per heavy atom. The van der Waals surface area contributed by atoms with E-state index in [1.165, 1.54) is 6.08 Å². The Kier molecular flexibility index (Phi) is 4.38. The minimum atomic E-state index is -5.63. The van der Waals surface area contributed by atoms with Crippen molar-refractivity contribution >= 4 is 0 Å². The van der Waals surface area contributed by atoms with Gasteiger partial charge in [0.1, 0.15) is 6.10 Å². The third kappa shape index (κ3) is 3.20. The number of hydrogen-bond donors (Lipinski definition) is 1. The lowest BCUT2D eigenvalue weighted by Gasteiger charge is -2.42. The van der Waals surface area contributed by atoms with E-state index in [4.69, 9.17) is 0 Å². The van der Waals surface area contributed by atoms with Gasteiger partial charge in [-0.1, -0.05) is 11.6 Å². The molecule has 0 saturated carbocycles. The van der Waals surface area contributed by atoms with Crippen LogP contribution in [0.1, 0.15) is 20.3 Å². The average Bonchev–Trinajstić information content (AvgIpc) is 2.08. The summed E-state index contributed by atoms with van der Waals surface area (Å²) in [4.78, 5) is 0. The predicted octanol–water partition coefficient (Wildman–Crippen LogP) is 2.92. The number of hydrogen-bond acceptors (Lipinski definition) is 2. The Morgan fingerprint density at radius 3 is 2.22 bits per heavy atom. The second-order valence-electron chi connectivity index (χ2n) is 4.68. The maximum absolute atomic E-state index is 13.0. The molecule has 0 aromatic rings. The Balaban J connectivity index is 2.64. The molecule has 2 nitrogen and oxygen atoms in total. The van der Waals surface area contributed by atoms with Crippen molar-refractivity contribution in [2.45, 2.75) is 44.6 Å². The van der Waals surface area contributed by atoms with Gasteiger partial charge in [-0.3, -0.25) is 0 Å². The van der Waals surface area contributed by atoms with Crippen LogP contribution in [0.3, 0.4) is 0 Å². The van der Waals surface area contributed by atoms with Crippen molar-refractivity contribution in [2.75, 3.05) is 6.61 Å². The van der Waals surface area contributed by atoms with Crippen LogP contribution in [0.2, 0.25) is 0 Å². The van der Waals surface area contributed by atoms with Crippen LogP contribution in [0, 0.1) is 5.92 Å². The Hall–Kier alpha value is -0.690. The van der Waals surface area contributed by atoms with E-state index in [0.717, 1.165) is 5.57 Å². The molecule has 0 aromatic carbocycles. The molecule has 7 heteroatoms. The molecule has 1 heterocycles. The van der Waals surface area contributed by atoms with Gasteiger partial charge in [0, 0.05) is 5.92 Å². The number of allylic oxidation sites excluding steroid dienone is 1. The van der Waals surface area contributed by atoms with Crippen LogP contribution in [-0.2, 0) is 4.74 Å². The maximum atomic E-state index is 13.0. The van der Waals surface area contributed by atoms with Gasteiger partial charge in [0.15, 0.2) is 0 Å². The first-order chi connectivity index (χ1) is 8.05. The second-order valence-corrected chi connectivity index (χ2v) is 4.68. The molecule has 106 valence electrons. The average molecular weight is 274 g/mol. The number of aliphatic hydroxyl groups is 1. The van der Waals surface area contributed by atoms with E-state index < -0.39 is 30.2 Å². The maximum Gasteiger partial charge on any atom is 0.456 e. The molecule has 1 fully saturated rings. The topological polar surface area (TPSA) is 29.5 Å². The van der Waals surface area contributed by atoms with Crippen LogP contribution in [0.15, 0.2) is 11.6 Å². The van der Waals surface area contributed by atoms with Crippen LogP contribution in [0.5, 0.6) is 0 Å². The van der Waals surface area contributed by atoms with Gasteiger partial charge in [0.2, 0.25) is 0 Å². The van der Waals surface area contributed by atoms with Crippen molar-refractivity contribution in [1.82, 2.24) is 0 Å². The van der Waals surface area contributed by atoms with Crippen LogP contribution in [-0.4, -0.2) is 36.0 Å². The summed E-state index contributed by atoms with van der Waals surface area (Å²) >= 11 is 0. The number of rotatable bonds is 4. The van der Waals surface area contributed by atoms with E-state index in [-0.39, 0.29) is 13.0 Å². The summed E-state index contributed by atoms with van der Waals surface area (Å²) in [5, 5.41) is 9.48. The van der Waals surface area contributed by atoms with Gasteiger partial charge in [0.25, 0.3) is 0 Å². The molecule has 1 N–H and O–H groups in total. The van der Waals surface area contributed by atoms with Gasteiger partial charge in [0.05, 0.1) is 12.7 Å². The van der Waals surface area contributed by atoms with E-state index in [9.17, 15) is 27.1 Å². The van der Waals surface area contributed by atoms with E-state index in [2.05, 4.69) is 4.74 Å². The zero-order valence-corrected chi connectivity index (χ0v) is 9.97. The molecule has 1 rings (SSSR count). The fraction of sp³-hybridized carbons (Fsp3) is 0.818. The van der Waals surface area contributed by atoms with E-state index in [0.29, 0.717) is 0 Å². The molecule has 1 aliphatic rings. The standard InChI is InChI=1S/C11H15F5O2/c1-6(2)3-8(17)4-7-5-18-9(7)10(12,13)11(14,15)16/h3,7-9,17H,4-5H2,1-2H3. The first kappa shape index (κ1) is 15.4. The van der Waals surface area contributed by atoms with Gasteiger partial charge < -0.3 is 9.84 Å². The first-order valence-electron chi connectivity index (χ1n) is 5.45. The molecule has 3 atom stereocenters. The highest BCUT2D eigenvalue weighted by atomic mass is 19.4. The zero-order valence-electron chi connectivity index (χ0n) is 9.97. The minimum absolute atomic E-state index is 0.165. The van der Waals surface area contributed by atoms with Crippen LogP contribution >= 0.6 is 0 Å². The third-order valence-corrected chi connectivity index (χ3v) is 2.72. The van der Waals surface area contributed by atoms with Gasteiger partial charge >= 0.3 is 12.1 Å². The molecule has 0 bridgehead atoms.